The van der Waals surface area contributed by atoms with Crippen LogP contribution in [0.3, 0.4) is 0 Å². The van der Waals surface area contributed by atoms with Crippen molar-refractivity contribution >= 4 is 56.5 Å². The maximum atomic E-state index is 12.3. The number of hydrogen-bond donors (Lipinski definition) is 2. The number of hydrazone groups is 1. The standard InChI is InChI=1S/C22H25BrIN3O4/c1-5-30-19-11-15(10-18(24)20(19)31-13(2)3)12-25-27-21(28)14(4)26-22(29)16-8-6-7-9-17(16)23/h6-14H,5H2,1-4H3,(H,26,29)(H,27,28). The molecule has 2 rings (SSSR count). The molecule has 2 aromatic rings. The highest BCUT2D eigenvalue weighted by Crippen LogP contribution is 2.34. The van der Waals surface area contributed by atoms with Gasteiger partial charge in [-0.05, 0) is 96.0 Å². The van der Waals surface area contributed by atoms with Crippen LogP contribution >= 0.6 is 38.5 Å². The average Bonchev–Trinajstić information content (AvgIpc) is 2.70. The highest BCUT2D eigenvalue weighted by atomic mass is 127. The second-order valence-electron chi connectivity index (χ2n) is 6.84. The number of nitrogens with one attached hydrogen (secondary N) is 2. The molecule has 7 nitrogen and oxygen atoms in total. The van der Waals surface area contributed by atoms with Crippen LogP contribution in [0.25, 0.3) is 0 Å². The van der Waals surface area contributed by atoms with Crippen molar-refractivity contribution in [2.45, 2.75) is 39.8 Å². The number of benzene rings is 2. The normalized spacial score (nSPS) is 12.0. The minimum atomic E-state index is -0.766. The van der Waals surface area contributed by atoms with Crippen molar-refractivity contribution < 1.29 is 19.1 Å². The van der Waals surface area contributed by atoms with Gasteiger partial charge in [-0.25, -0.2) is 5.43 Å². The largest absolute Gasteiger partial charge is 0.490 e. The summed E-state index contributed by atoms with van der Waals surface area (Å²) in [5, 5.41) is 6.66. The van der Waals surface area contributed by atoms with E-state index in [1.807, 2.05) is 32.9 Å². The fourth-order valence-electron chi connectivity index (χ4n) is 2.53. The lowest BCUT2D eigenvalue weighted by molar-refractivity contribution is -0.122. The van der Waals surface area contributed by atoms with Gasteiger partial charge in [0.05, 0.1) is 28.1 Å². The van der Waals surface area contributed by atoms with Crippen LogP contribution in [0.4, 0.5) is 0 Å². The van der Waals surface area contributed by atoms with Crippen LogP contribution in [0.1, 0.15) is 43.6 Å². The molecule has 0 fully saturated rings. The SMILES string of the molecule is CCOc1cc(C=NNC(=O)C(C)NC(=O)c2ccccc2Br)cc(I)c1OC(C)C. The van der Waals surface area contributed by atoms with Crippen LogP contribution in [0.2, 0.25) is 0 Å². The van der Waals surface area contributed by atoms with E-state index >= 15 is 0 Å². The molecule has 0 spiro atoms. The van der Waals surface area contributed by atoms with E-state index in [-0.39, 0.29) is 12.0 Å². The molecular formula is C22H25BrIN3O4. The molecule has 0 heterocycles. The lowest BCUT2D eigenvalue weighted by Gasteiger charge is -2.16. The van der Waals surface area contributed by atoms with Crippen molar-refractivity contribution in [3.8, 4) is 11.5 Å². The predicted octanol–water partition coefficient (Wildman–Crippen LogP) is 4.51. The zero-order valence-corrected chi connectivity index (χ0v) is 21.5. The summed E-state index contributed by atoms with van der Waals surface area (Å²) in [7, 11) is 0. The zero-order chi connectivity index (χ0) is 23.0. The van der Waals surface area contributed by atoms with E-state index in [2.05, 4.69) is 54.4 Å². The molecule has 2 amide bonds. The maximum Gasteiger partial charge on any atom is 0.262 e. The van der Waals surface area contributed by atoms with Crippen LogP contribution in [-0.4, -0.2) is 36.8 Å². The van der Waals surface area contributed by atoms with Gasteiger partial charge < -0.3 is 14.8 Å². The quantitative estimate of drug-likeness (QED) is 0.251. The average molecular weight is 602 g/mol. The first-order valence-electron chi connectivity index (χ1n) is 9.74. The Morgan fingerprint density at radius 3 is 2.58 bits per heavy atom. The van der Waals surface area contributed by atoms with E-state index in [4.69, 9.17) is 9.47 Å². The van der Waals surface area contributed by atoms with Gasteiger partial charge in [0.25, 0.3) is 11.8 Å². The van der Waals surface area contributed by atoms with Crippen molar-refractivity contribution in [1.29, 1.82) is 0 Å². The summed E-state index contributed by atoms with van der Waals surface area (Å²) in [5.41, 5.74) is 3.65. The molecule has 0 aliphatic heterocycles. The topological polar surface area (TPSA) is 89.0 Å². The Hall–Kier alpha value is -2.14. The van der Waals surface area contributed by atoms with Gasteiger partial charge in [-0.2, -0.15) is 5.10 Å². The minimum Gasteiger partial charge on any atom is -0.490 e. The van der Waals surface area contributed by atoms with Gasteiger partial charge in [-0.3, -0.25) is 9.59 Å². The number of carbonyl (C=O) groups excluding carboxylic acids is 2. The summed E-state index contributed by atoms with van der Waals surface area (Å²) in [6.45, 7) is 7.89. The summed E-state index contributed by atoms with van der Waals surface area (Å²) in [6, 6.07) is 9.92. The fourth-order valence-corrected chi connectivity index (χ4v) is 3.75. The van der Waals surface area contributed by atoms with E-state index < -0.39 is 11.9 Å². The molecule has 2 aromatic carbocycles. The number of rotatable bonds is 9. The van der Waals surface area contributed by atoms with Crippen LogP contribution in [0, 0.1) is 3.57 Å². The number of hydrogen-bond acceptors (Lipinski definition) is 5. The van der Waals surface area contributed by atoms with Gasteiger partial charge in [0.1, 0.15) is 6.04 Å². The van der Waals surface area contributed by atoms with Gasteiger partial charge in [0.2, 0.25) is 0 Å². The summed E-state index contributed by atoms with van der Waals surface area (Å²) < 4.78 is 13.1. The summed E-state index contributed by atoms with van der Waals surface area (Å²) in [4.78, 5) is 24.6. The molecule has 1 atom stereocenters. The zero-order valence-electron chi connectivity index (χ0n) is 17.7. The van der Waals surface area contributed by atoms with E-state index in [0.29, 0.717) is 28.1 Å². The molecule has 9 heteroatoms. The Labute approximate surface area is 204 Å². The van der Waals surface area contributed by atoms with Crippen LogP contribution in [0.15, 0.2) is 46.0 Å². The van der Waals surface area contributed by atoms with Crippen molar-refractivity contribution in [3.63, 3.8) is 0 Å². The van der Waals surface area contributed by atoms with Crippen LogP contribution < -0.4 is 20.2 Å². The molecule has 31 heavy (non-hydrogen) atoms. The number of amides is 2. The Balaban J connectivity index is 2.03. The third-order valence-electron chi connectivity index (χ3n) is 3.93. The van der Waals surface area contributed by atoms with Gasteiger partial charge >= 0.3 is 0 Å². The number of nitrogens with zero attached hydrogens (tertiary/aromatic N) is 1. The summed E-state index contributed by atoms with van der Waals surface area (Å²) in [5.74, 6) is 0.513. The van der Waals surface area contributed by atoms with Crippen molar-refractivity contribution in [2.75, 3.05) is 6.61 Å². The Kier molecular flexibility index (Phi) is 9.76. The fraction of sp³-hybridized carbons (Fsp3) is 0.318. The van der Waals surface area contributed by atoms with E-state index in [0.717, 1.165) is 9.13 Å². The number of halogens is 2. The van der Waals surface area contributed by atoms with Gasteiger partial charge in [-0.15, -0.1) is 0 Å². The Morgan fingerprint density at radius 2 is 1.94 bits per heavy atom. The first kappa shape index (κ1) is 25.1. The molecule has 0 saturated heterocycles. The lowest BCUT2D eigenvalue weighted by Crippen LogP contribution is -2.43. The minimum absolute atomic E-state index is 0.0136. The highest BCUT2D eigenvalue weighted by molar-refractivity contribution is 14.1. The second-order valence-corrected chi connectivity index (χ2v) is 8.86. The smallest absolute Gasteiger partial charge is 0.262 e. The molecule has 166 valence electrons. The molecule has 1 unspecified atom stereocenters. The van der Waals surface area contributed by atoms with E-state index in [1.54, 1.807) is 31.2 Å². The molecule has 0 saturated carbocycles. The maximum absolute atomic E-state index is 12.3. The Morgan fingerprint density at radius 1 is 1.23 bits per heavy atom. The van der Waals surface area contributed by atoms with Gasteiger partial charge in [0.15, 0.2) is 11.5 Å². The molecule has 2 N–H and O–H groups in total. The van der Waals surface area contributed by atoms with Gasteiger partial charge in [-0.1, -0.05) is 12.1 Å². The summed E-state index contributed by atoms with van der Waals surface area (Å²) in [6.07, 6.45) is 1.53. The third kappa shape index (κ3) is 7.49. The molecule has 0 radical (unpaired) electrons. The first-order chi connectivity index (χ1) is 14.7. The van der Waals surface area contributed by atoms with E-state index in [9.17, 15) is 9.59 Å². The van der Waals surface area contributed by atoms with Crippen molar-refractivity contribution in [1.82, 2.24) is 10.7 Å². The number of carbonyl (C=O) groups is 2. The molecular weight excluding hydrogens is 577 g/mol. The van der Waals surface area contributed by atoms with Crippen LogP contribution in [0.5, 0.6) is 11.5 Å². The van der Waals surface area contributed by atoms with E-state index in [1.165, 1.54) is 6.21 Å². The predicted molar refractivity (Wildman–Crippen MR) is 133 cm³/mol. The first-order valence-corrected chi connectivity index (χ1v) is 11.6. The van der Waals surface area contributed by atoms with Gasteiger partial charge in [0, 0.05) is 4.47 Å². The Bertz CT molecular complexity index is 966. The summed E-state index contributed by atoms with van der Waals surface area (Å²) >= 11 is 5.50. The van der Waals surface area contributed by atoms with Crippen LogP contribution in [-0.2, 0) is 4.79 Å². The molecule has 0 aromatic heterocycles. The third-order valence-corrected chi connectivity index (χ3v) is 5.43. The lowest BCUT2D eigenvalue weighted by atomic mass is 10.2. The molecule has 0 aliphatic rings. The molecule has 0 bridgehead atoms. The molecule has 0 aliphatic carbocycles. The monoisotopic (exact) mass is 601 g/mol. The van der Waals surface area contributed by atoms with Crippen molar-refractivity contribution in [3.05, 3.63) is 55.6 Å². The number of ether oxygens (including phenoxy) is 2. The van der Waals surface area contributed by atoms with Crippen molar-refractivity contribution in [2.24, 2.45) is 5.10 Å². The highest BCUT2D eigenvalue weighted by Gasteiger charge is 2.18. The second kappa shape index (κ2) is 12.0.